The van der Waals surface area contributed by atoms with Crippen molar-refractivity contribution in [2.24, 2.45) is 5.92 Å². The van der Waals surface area contributed by atoms with Gasteiger partial charge >= 0.3 is 6.18 Å². The van der Waals surface area contributed by atoms with E-state index in [1.54, 1.807) is 20.8 Å². The van der Waals surface area contributed by atoms with Gasteiger partial charge in [-0.3, -0.25) is 0 Å². The summed E-state index contributed by atoms with van der Waals surface area (Å²) in [5, 5.41) is 0. The molecule has 2 rings (SSSR count). The molecule has 1 aromatic carbocycles. The highest BCUT2D eigenvalue weighted by atomic mass is 32.2. The molecule has 1 aromatic rings. The van der Waals surface area contributed by atoms with Crippen molar-refractivity contribution < 1.29 is 26.2 Å². The molecule has 0 heterocycles. The Balaban J connectivity index is 2.37. The summed E-state index contributed by atoms with van der Waals surface area (Å²) in [5.74, 6) is -2.73. The van der Waals surface area contributed by atoms with Crippen LogP contribution in [0.3, 0.4) is 0 Å². The van der Waals surface area contributed by atoms with Crippen molar-refractivity contribution in [1.82, 2.24) is 4.72 Å². The van der Waals surface area contributed by atoms with E-state index >= 15 is 0 Å². The third kappa shape index (κ3) is 4.29. The number of hydrogen-bond acceptors (Lipinski definition) is 1. The second kappa shape index (κ2) is 6.12. The third-order valence-corrected chi connectivity index (χ3v) is 5.19. The van der Waals surface area contributed by atoms with E-state index in [9.17, 15) is 26.2 Å². The highest BCUT2D eigenvalue weighted by molar-refractivity contribution is 7.84. The molecule has 2 nitrogen and oxygen atoms in total. The molecule has 1 aliphatic rings. The Morgan fingerprint density at radius 3 is 2.13 bits per heavy atom. The molecule has 0 aliphatic heterocycles. The van der Waals surface area contributed by atoms with Gasteiger partial charge in [0.15, 0.2) is 0 Å². The maximum absolute atomic E-state index is 14.1. The molecule has 1 aliphatic carbocycles. The number of benzene rings is 1. The predicted molar refractivity (Wildman–Crippen MR) is 77.9 cm³/mol. The van der Waals surface area contributed by atoms with Gasteiger partial charge in [0, 0.05) is 5.56 Å². The molecule has 0 aromatic heterocycles. The van der Waals surface area contributed by atoms with E-state index in [4.69, 9.17) is 0 Å². The lowest BCUT2D eigenvalue weighted by atomic mass is 10.0. The van der Waals surface area contributed by atoms with Crippen molar-refractivity contribution in [1.29, 1.82) is 0 Å². The molecule has 0 bridgehead atoms. The average molecular weight is 355 g/mol. The van der Waals surface area contributed by atoms with E-state index < -0.39 is 45.1 Å². The number of hydrogen-bond donors (Lipinski definition) is 1. The standard InChI is InChI=1S/C15H18F5NOS/c1-14(2,3)23(22)21-13(8-4-5-8)9-6-12(17)10(7-11(9)16)15(18,19)20/h6-8,13,21H,4-5H2,1-3H3/t13-,23?/m0/s1. The highest BCUT2D eigenvalue weighted by Crippen LogP contribution is 2.43. The number of halogens is 5. The molecule has 1 N–H and O–H groups in total. The zero-order valence-electron chi connectivity index (χ0n) is 12.9. The second-order valence-corrected chi connectivity index (χ2v) is 8.66. The first-order valence-electron chi connectivity index (χ1n) is 7.15. The molecule has 0 radical (unpaired) electrons. The van der Waals surface area contributed by atoms with Crippen molar-refractivity contribution in [3.8, 4) is 0 Å². The normalized spacial score (nSPS) is 18.8. The van der Waals surface area contributed by atoms with E-state index in [1.165, 1.54) is 0 Å². The van der Waals surface area contributed by atoms with Crippen LogP contribution in [0.4, 0.5) is 22.0 Å². The SMILES string of the molecule is CC(C)(C)S(=O)N[C@H](c1cc(F)c(C(F)(F)F)cc1F)C1CC1. The van der Waals surface area contributed by atoms with Crippen molar-refractivity contribution in [3.63, 3.8) is 0 Å². The lowest BCUT2D eigenvalue weighted by Gasteiger charge is -2.25. The van der Waals surface area contributed by atoms with Gasteiger partial charge < -0.3 is 0 Å². The average Bonchev–Trinajstić information content (AvgIpc) is 3.20. The van der Waals surface area contributed by atoms with Gasteiger partial charge in [-0.05, 0) is 51.7 Å². The minimum absolute atomic E-state index is 0.0630. The van der Waals surface area contributed by atoms with Gasteiger partial charge in [0.2, 0.25) is 0 Å². The largest absolute Gasteiger partial charge is 0.419 e. The van der Waals surface area contributed by atoms with E-state index in [2.05, 4.69) is 4.72 Å². The Bertz CT molecular complexity index is 620. The molecule has 8 heteroatoms. The van der Waals surface area contributed by atoms with E-state index in [-0.39, 0.29) is 17.5 Å². The minimum Gasteiger partial charge on any atom is -0.242 e. The van der Waals surface area contributed by atoms with Crippen molar-refractivity contribution in [2.45, 2.75) is 50.6 Å². The van der Waals surface area contributed by atoms with Gasteiger partial charge in [0.05, 0.1) is 27.3 Å². The Labute approximate surface area is 134 Å². The molecule has 23 heavy (non-hydrogen) atoms. The van der Waals surface area contributed by atoms with Crippen molar-refractivity contribution in [2.75, 3.05) is 0 Å². The molecule has 130 valence electrons. The summed E-state index contributed by atoms with van der Waals surface area (Å²) in [4.78, 5) is 0. The van der Waals surface area contributed by atoms with Crippen LogP contribution >= 0.6 is 0 Å². The van der Waals surface area contributed by atoms with Crippen LogP contribution in [0.2, 0.25) is 0 Å². The van der Waals surface area contributed by atoms with Crippen LogP contribution < -0.4 is 4.72 Å². The summed E-state index contributed by atoms with van der Waals surface area (Å²) in [6, 6.07) is -0.0396. The summed E-state index contributed by atoms with van der Waals surface area (Å²) in [6.07, 6.45) is -3.51. The Kier molecular flexibility index (Phi) is 4.88. The van der Waals surface area contributed by atoms with E-state index in [1.807, 2.05) is 0 Å². The molecular weight excluding hydrogens is 337 g/mol. The summed E-state index contributed by atoms with van der Waals surface area (Å²) in [7, 11) is -1.55. The fourth-order valence-electron chi connectivity index (χ4n) is 2.15. The molecule has 1 fully saturated rings. The zero-order valence-corrected chi connectivity index (χ0v) is 13.7. The Hall–Kier alpha value is -1.02. The molecule has 0 saturated heterocycles. The lowest BCUT2D eigenvalue weighted by Crippen LogP contribution is -2.37. The fraction of sp³-hybridized carbons (Fsp3) is 0.600. The van der Waals surface area contributed by atoms with Gasteiger partial charge in [0.1, 0.15) is 11.6 Å². The van der Waals surface area contributed by atoms with Gasteiger partial charge in [-0.15, -0.1) is 0 Å². The first kappa shape index (κ1) is 18.3. The van der Waals surface area contributed by atoms with Crippen molar-refractivity contribution in [3.05, 3.63) is 34.9 Å². The molecule has 1 saturated carbocycles. The van der Waals surface area contributed by atoms with Gasteiger partial charge in [0.25, 0.3) is 0 Å². The van der Waals surface area contributed by atoms with E-state index in [0.717, 1.165) is 12.8 Å². The van der Waals surface area contributed by atoms with E-state index in [0.29, 0.717) is 6.07 Å². The molecule has 2 atom stereocenters. The zero-order chi connectivity index (χ0) is 17.6. The second-order valence-electron chi connectivity index (χ2n) is 6.67. The predicted octanol–water partition coefficient (Wildman–Crippen LogP) is 4.49. The van der Waals surface area contributed by atoms with Crippen LogP contribution in [0.15, 0.2) is 12.1 Å². The van der Waals surface area contributed by atoms with Gasteiger partial charge in [-0.1, -0.05) is 0 Å². The lowest BCUT2D eigenvalue weighted by molar-refractivity contribution is -0.140. The molecule has 0 amide bonds. The van der Waals surface area contributed by atoms with Crippen LogP contribution in [0.5, 0.6) is 0 Å². The van der Waals surface area contributed by atoms with Crippen LogP contribution in [0.25, 0.3) is 0 Å². The summed E-state index contributed by atoms with van der Waals surface area (Å²) < 4.78 is 80.1. The van der Waals surface area contributed by atoms with Crippen LogP contribution in [-0.4, -0.2) is 8.96 Å². The Morgan fingerprint density at radius 2 is 1.70 bits per heavy atom. The first-order valence-corrected chi connectivity index (χ1v) is 8.30. The van der Waals surface area contributed by atoms with Crippen LogP contribution in [0.1, 0.15) is 50.8 Å². The maximum Gasteiger partial charge on any atom is 0.419 e. The van der Waals surface area contributed by atoms with Gasteiger partial charge in [-0.2, -0.15) is 13.2 Å². The number of nitrogens with one attached hydrogen (secondary N) is 1. The smallest absolute Gasteiger partial charge is 0.242 e. The summed E-state index contributed by atoms with van der Waals surface area (Å²) in [6.45, 7) is 5.14. The monoisotopic (exact) mass is 355 g/mol. The minimum atomic E-state index is -4.96. The fourth-order valence-corrected chi connectivity index (χ4v) is 3.06. The molecule has 0 spiro atoms. The van der Waals surface area contributed by atoms with Crippen LogP contribution in [-0.2, 0) is 17.2 Å². The maximum atomic E-state index is 14.1. The van der Waals surface area contributed by atoms with Crippen LogP contribution in [0, 0.1) is 17.6 Å². The third-order valence-electron chi connectivity index (χ3n) is 3.61. The Morgan fingerprint density at radius 1 is 1.13 bits per heavy atom. The van der Waals surface area contributed by atoms with Gasteiger partial charge in [-0.25, -0.2) is 17.7 Å². The first-order chi connectivity index (χ1) is 10.4. The molecule has 1 unspecified atom stereocenters. The van der Waals surface area contributed by atoms with Crippen molar-refractivity contribution >= 4 is 11.0 Å². The topological polar surface area (TPSA) is 29.1 Å². The summed E-state index contributed by atoms with van der Waals surface area (Å²) in [5.41, 5.74) is -1.85. The highest BCUT2D eigenvalue weighted by Gasteiger charge is 2.40. The molecular formula is C15H18F5NOS. The number of alkyl halides is 3. The quantitative estimate of drug-likeness (QED) is 0.793. The number of rotatable bonds is 4. The summed E-state index contributed by atoms with van der Waals surface area (Å²) >= 11 is 0.